The Kier molecular flexibility index (Phi) is 39.8. The molecule has 6 atom stereocenters. The summed E-state index contributed by atoms with van der Waals surface area (Å²) in [4.78, 5) is 24.0. The summed E-state index contributed by atoms with van der Waals surface area (Å²) in [7, 11) is 4.98. The zero-order valence-electron chi connectivity index (χ0n) is 53.4. The van der Waals surface area contributed by atoms with Gasteiger partial charge in [-0.15, -0.1) is 0 Å². The van der Waals surface area contributed by atoms with Crippen molar-refractivity contribution in [3.63, 3.8) is 0 Å². The molecular formula is C70H104I2O11V-2. The van der Waals surface area contributed by atoms with Crippen LogP contribution in [0.15, 0.2) is 102 Å². The van der Waals surface area contributed by atoms with E-state index in [1.807, 2.05) is 26.0 Å². The van der Waals surface area contributed by atoms with E-state index in [0.717, 1.165) is 99.8 Å². The Morgan fingerprint density at radius 1 is 0.536 bits per heavy atom. The van der Waals surface area contributed by atoms with Gasteiger partial charge in [0.2, 0.25) is 0 Å². The molecule has 0 fully saturated rings. The summed E-state index contributed by atoms with van der Waals surface area (Å²) in [5.74, 6) is -0.359. The number of phenols is 6. The molecule has 3 aromatic carbocycles. The van der Waals surface area contributed by atoms with Crippen LogP contribution >= 0.6 is 40.0 Å². The van der Waals surface area contributed by atoms with Gasteiger partial charge in [-0.25, -0.2) is 9.59 Å². The van der Waals surface area contributed by atoms with Crippen LogP contribution in [0.25, 0.3) is 0 Å². The van der Waals surface area contributed by atoms with Gasteiger partial charge in [-0.3, -0.25) is 0 Å². The number of benzene rings is 3. The molecule has 0 saturated heterocycles. The van der Waals surface area contributed by atoms with E-state index in [9.17, 15) is 40.2 Å². The van der Waals surface area contributed by atoms with Crippen molar-refractivity contribution in [3.05, 3.63) is 156 Å². The summed E-state index contributed by atoms with van der Waals surface area (Å²) in [6.07, 6.45) is 24.7. The van der Waals surface area contributed by atoms with Gasteiger partial charge in [0.05, 0.1) is 20.3 Å². The number of methoxy groups -OCH3 is 3. The number of rotatable bonds is 20. The number of allylic oxidation sites excluding steroid dienone is 7. The van der Waals surface area contributed by atoms with Gasteiger partial charge in [0, 0.05) is 42.1 Å². The molecule has 0 bridgehead atoms. The van der Waals surface area contributed by atoms with Crippen molar-refractivity contribution in [1.29, 1.82) is 0 Å². The molecule has 3 aromatic rings. The molecule has 0 aliphatic heterocycles. The Hall–Kier alpha value is -4.16. The van der Waals surface area contributed by atoms with Crippen LogP contribution in [0.2, 0.25) is 0 Å². The first-order valence-corrected chi connectivity index (χ1v) is 38.2. The van der Waals surface area contributed by atoms with Crippen molar-refractivity contribution in [1.82, 2.24) is 0 Å². The topological polar surface area (TPSA) is 183 Å². The minimum atomic E-state index is -0.575. The average molecular weight is 1430 g/mol. The van der Waals surface area contributed by atoms with E-state index < -0.39 is 11.9 Å². The van der Waals surface area contributed by atoms with E-state index in [-0.39, 0.29) is 90.3 Å². The summed E-state index contributed by atoms with van der Waals surface area (Å²) >= 11 is 4.74. The second-order valence-corrected chi connectivity index (χ2v) is 34.2. The third kappa shape index (κ3) is 24.9. The predicted octanol–water partition coefficient (Wildman–Crippen LogP) is 19.7. The summed E-state index contributed by atoms with van der Waals surface area (Å²) < 4.78 is 14.9. The van der Waals surface area contributed by atoms with Crippen LogP contribution in [0.4, 0.5) is 0 Å². The van der Waals surface area contributed by atoms with Gasteiger partial charge < -0.3 is 59.7 Å². The quantitative estimate of drug-likeness (QED) is 0.0208. The van der Waals surface area contributed by atoms with E-state index in [4.69, 9.17) is 9.47 Å². The monoisotopic (exact) mass is 1430 g/mol. The van der Waals surface area contributed by atoms with Gasteiger partial charge in [0.25, 0.3) is 0 Å². The molecular weight excluding hydrogens is 1320 g/mol. The van der Waals surface area contributed by atoms with Crippen molar-refractivity contribution in [2.75, 3.05) is 21.3 Å². The molecule has 84 heavy (non-hydrogen) atoms. The van der Waals surface area contributed by atoms with E-state index >= 15 is 0 Å². The fraction of sp³-hybridized carbons (Fsp3) is 0.514. The van der Waals surface area contributed by atoms with Gasteiger partial charge in [0.15, 0.2) is 0 Å². The number of carbonyl (C=O) groups excluding carboxylic acids is 2. The number of aryl methyl sites for hydroxylation is 3. The van der Waals surface area contributed by atoms with Crippen LogP contribution in [0.1, 0.15) is 219 Å². The number of aromatic hydroxyl groups is 6. The minimum absolute atomic E-state index is 0. The summed E-state index contributed by atoms with van der Waals surface area (Å²) in [5.41, 5.74) is 11.0. The van der Waals surface area contributed by atoms with Crippen molar-refractivity contribution < 1.29 is 63.9 Å². The van der Waals surface area contributed by atoms with Crippen LogP contribution in [0.5, 0.6) is 34.5 Å². The van der Waals surface area contributed by atoms with Crippen LogP contribution in [0.3, 0.4) is 0 Å². The Labute approximate surface area is 536 Å². The first-order chi connectivity index (χ1) is 38.9. The number of hydrogen-bond acceptors (Lipinski definition) is 11. The molecule has 3 aliphatic carbocycles. The van der Waals surface area contributed by atoms with Gasteiger partial charge in [0.1, 0.15) is 45.6 Å². The molecule has 0 radical (unpaired) electrons. The molecule has 6 rings (SSSR count). The standard InChI is InChI=1S/C23H32O4.C21H30O2.C13H18O4.C11H18O.2CH3.2HI.V/c1-6-7-8-9-16-13-19(24)21(22(25)20(16)23(26)27-5)18-12-15(4)10-11-17(18)14(2)3;1-5-6-7-8-16-12-19(22)21(20(23)13-16)18-11-15(4)9-10-17(18)14(2)3;1-3-4-5-6-9-7-10(14)8-11(15)12(9)13(16)17-2;1-8(2)10-6-5-9(3)7-11(10)12-4;;;;;/h12-13,17-18,24-25H,2,6-11H2,1,3-5H3;11-13,17-18,22-23H,2,5-10H2,1,3-4H3;7-8,14-15H,3-6H2,1-2H3;7,10-11H,1,5-6H2,2-4H3;2*1H3;2*1H;/q;;;;2*-1;;;+2/p-2/t2*17-,18+;;10-,11?;;;;;/m00.0...../s1. The third-order valence-electron chi connectivity index (χ3n) is 15.8. The summed E-state index contributed by atoms with van der Waals surface area (Å²) in [5, 5.41) is 62.0. The Bertz CT molecular complexity index is 2650. The number of carbonyl (C=O) groups is 2. The van der Waals surface area contributed by atoms with E-state index in [2.05, 4.69) is 131 Å². The Balaban J connectivity index is 0.00000110. The number of esters is 2. The van der Waals surface area contributed by atoms with Crippen LogP contribution in [-0.4, -0.2) is 70.0 Å². The molecule has 1 unspecified atom stereocenters. The van der Waals surface area contributed by atoms with Crippen molar-refractivity contribution in [2.24, 2.45) is 17.8 Å². The Morgan fingerprint density at radius 3 is 1.33 bits per heavy atom. The summed E-state index contributed by atoms with van der Waals surface area (Å²) in [6.45, 7) is 31.0. The maximum absolute atomic E-state index is 12.4. The second-order valence-electron chi connectivity index (χ2n) is 22.4. The van der Waals surface area contributed by atoms with Crippen LogP contribution < -0.4 is 0 Å². The molecule has 471 valence electrons. The van der Waals surface area contributed by atoms with E-state index in [1.54, 1.807) is 13.2 Å². The van der Waals surface area contributed by atoms with Gasteiger partial charge >= 0.3 is 61.4 Å². The zero-order valence-corrected chi connectivity index (χ0v) is 59.1. The molecule has 11 nitrogen and oxygen atoms in total. The normalized spacial score (nSPS) is 18.5. The van der Waals surface area contributed by atoms with Crippen LogP contribution in [0, 0.1) is 32.6 Å². The van der Waals surface area contributed by atoms with E-state index in [0.29, 0.717) is 50.5 Å². The number of ether oxygens (including phenoxy) is 3. The van der Waals surface area contributed by atoms with Crippen molar-refractivity contribution >= 4 is 51.9 Å². The van der Waals surface area contributed by atoms with Gasteiger partial charge in [-0.2, -0.15) is 0 Å². The van der Waals surface area contributed by atoms with E-state index in [1.165, 1.54) is 68.3 Å². The number of halogens is 2. The number of unbranched alkanes of at least 4 members (excludes halogenated alkanes) is 6. The maximum atomic E-state index is 12.4. The van der Waals surface area contributed by atoms with Crippen LogP contribution in [-0.2, 0) is 42.9 Å². The molecule has 0 aromatic heterocycles. The van der Waals surface area contributed by atoms with Gasteiger partial charge in [-0.1, -0.05) is 131 Å². The SMILES string of the molecule is C=C(C)[C@@H]1CCC(C)=CC1OC.C=C(C)[C@@H]1CCC(C)=C[C@H]1c1c(O)cc(CCCCC)c(C(=O)OC)c1O.C=C(C)[C@@H]1CCC(C)=C[C@H]1c1c(O)cc(CCCCC)cc1O.CCCCCc1cc(O)cc(O)c1C(=O)OC.[CH3-].[CH3-].[I][V][I]. The number of phenolic OH excluding ortho intramolecular Hbond substituents is 6. The second kappa shape index (κ2) is 41.9. The fourth-order valence-electron chi connectivity index (χ4n) is 11.3. The summed E-state index contributed by atoms with van der Waals surface area (Å²) in [6, 6.07) is 7.94. The predicted molar refractivity (Wildman–Crippen MR) is 363 cm³/mol. The molecule has 14 heteroatoms. The first kappa shape index (κ1) is 79.8. The zero-order chi connectivity index (χ0) is 61.8. The molecule has 0 saturated carbocycles. The molecule has 0 heterocycles. The Morgan fingerprint density at radius 2 is 0.917 bits per heavy atom. The van der Waals surface area contributed by atoms with Gasteiger partial charge in [-0.05, 0) is 171 Å². The molecule has 0 spiro atoms. The average Bonchev–Trinajstić information content (AvgIpc) is 2.40. The van der Waals surface area contributed by atoms with Crippen molar-refractivity contribution in [3.8, 4) is 34.5 Å². The third-order valence-corrected chi connectivity index (χ3v) is 15.8. The fourth-order valence-corrected chi connectivity index (χ4v) is 11.3. The molecule has 3 aliphatic rings. The number of hydrogen-bond donors (Lipinski definition) is 6. The molecule has 6 N–H and O–H groups in total. The van der Waals surface area contributed by atoms with Crippen molar-refractivity contribution in [2.45, 2.75) is 196 Å². The molecule has 0 amide bonds. The first-order valence-electron chi connectivity index (χ1n) is 29.2.